The third kappa shape index (κ3) is 4.77. The van der Waals surface area contributed by atoms with Crippen LogP contribution in [0.15, 0.2) is 52.7 Å². The molecule has 0 saturated heterocycles. The highest BCUT2D eigenvalue weighted by atomic mass is 35.5. The highest BCUT2D eigenvalue weighted by Crippen LogP contribution is 2.38. The van der Waals surface area contributed by atoms with Crippen LogP contribution in [0.1, 0.15) is 44.7 Å². The number of halogens is 2. The van der Waals surface area contributed by atoms with E-state index in [9.17, 15) is 9.18 Å². The lowest BCUT2D eigenvalue weighted by molar-refractivity contribution is 0.202. The molecule has 4 rings (SSSR count). The minimum atomic E-state index is -0.539. The summed E-state index contributed by atoms with van der Waals surface area (Å²) in [4.78, 5) is 19.3. The van der Waals surface area contributed by atoms with Gasteiger partial charge in [-0.15, -0.1) is 0 Å². The molecule has 178 valence electrons. The van der Waals surface area contributed by atoms with E-state index in [2.05, 4.69) is 29.3 Å². The largest absolute Gasteiger partial charge is 0.494 e. The average Bonchev–Trinajstić information content (AvgIpc) is 3.28. The summed E-state index contributed by atoms with van der Waals surface area (Å²) in [5, 5.41) is 7.67. The van der Waals surface area contributed by atoms with Crippen molar-refractivity contribution < 1.29 is 18.4 Å². The van der Waals surface area contributed by atoms with Crippen LogP contribution >= 0.6 is 11.6 Å². The second-order valence-corrected chi connectivity index (χ2v) is 8.98. The highest BCUT2D eigenvalue weighted by molar-refractivity contribution is 6.30. The number of rotatable bonds is 7. The predicted octanol–water partition coefficient (Wildman–Crippen LogP) is 6.08. The van der Waals surface area contributed by atoms with Gasteiger partial charge in [-0.05, 0) is 55.2 Å². The Labute approximate surface area is 202 Å². The Bertz CT molecular complexity index is 1240. The monoisotopic (exact) mass is 484 g/mol. The van der Waals surface area contributed by atoms with E-state index in [4.69, 9.17) is 20.9 Å². The molecule has 0 radical (unpaired) electrons. The number of carbonyl (C=O) groups excluding carboxylic acids is 1. The number of nitrogens with one attached hydrogen (secondary N) is 1. The molecule has 3 aromatic rings. The molecule has 0 aliphatic carbocycles. The summed E-state index contributed by atoms with van der Waals surface area (Å²) >= 11 is 6.23. The molecule has 2 heterocycles. The quantitative estimate of drug-likeness (QED) is 0.439. The van der Waals surface area contributed by atoms with Gasteiger partial charge in [0.25, 0.3) is 5.89 Å². The number of hydrogen-bond donors (Lipinski definition) is 1. The first-order valence-corrected chi connectivity index (χ1v) is 11.4. The van der Waals surface area contributed by atoms with Crippen molar-refractivity contribution in [3.63, 3.8) is 0 Å². The molecule has 1 atom stereocenters. The molecule has 34 heavy (non-hydrogen) atoms. The van der Waals surface area contributed by atoms with Crippen molar-refractivity contribution in [3.05, 3.63) is 70.5 Å². The lowest BCUT2D eigenvalue weighted by Gasteiger charge is -2.35. The van der Waals surface area contributed by atoms with Gasteiger partial charge in [-0.1, -0.05) is 42.7 Å². The van der Waals surface area contributed by atoms with Crippen LogP contribution < -0.4 is 10.1 Å². The predicted molar refractivity (Wildman–Crippen MR) is 128 cm³/mol. The van der Waals surface area contributed by atoms with Crippen LogP contribution in [0.25, 0.3) is 17.0 Å². The second-order valence-electron chi connectivity index (χ2n) is 8.54. The van der Waals surface area contributed by atoms with Crippen LogP contribution in [0, 0.1) is 11.7 Å². The average molecular weight is 485 g/mol. The maximum absolute atomic E-state index is 14.2. The first-order valence-electron chi connectivity index (χ1n) is 11.0. The Morgan fingerprint density at radius 2 is 2.06 bits per heavy atom. The molecule has 1 N–H and O–H groups in total. The molecule has 0 fully saturated rings. The van der Waals surface area contributed by atoms with Crippen LogP contribution in [0.3, 0.4) is 0 Å². The Kier molecular flexibility index (Phi) is 6.88. The Morgan fingerprint density at radius 3 is 2.74 bits per heavy atom. The Hall–Kier alpha value is -3.39. The summed E-state index contributed by atoms with van der Waals surface area (Å²) < 4.78 is 24.9. The number of urea groups is 1. The summed E-state index contributed by atoms with van der Waals surface area (Å²) in [6.45, 7) is 6.62. The number of nitrogens with zero attached hydrogens (tertiary/aromatic N) is 3. The molecule has 2 amide bonds. The van der Waals surface area contributed by atoms with E-state index in [1.165, 1.54) is 19.2 Å². The third-order valence-electron chi connectivity index (χ3n) is 5.77. The van der Waals surface area contributed by atoms with Gasteiger partial charge < -0.3 is 14.6 Å². The Balaban J connectivity index is 1.78. The van der Waals surface area contributed by atoms with Gasteiger partial charge in [0.2, 0.25) is 5.82 Å². The summed E-state index contributed by atoms with van der Waals surface area (Å²) in [6.07, 6.45) is 0.833. The standard InChI is InChI=1S/C25H26ClFN4O3/c1-14(2)10-11-31-15(3)21(22(28-25(31)32)16-6-5-7-18(26)12-16)24-29-23(30-34-24)17-8-9-20(33-4)19(27)13-17/h5-9,12-14,22H,10-11H2,1-4H3,(H,28,32). The molecular weight excluding hydrogens is 459 g/mol. The maximum atomic E-state index is 14.2. The van der Waals surface area contributed by atoms with Crippen LogP contribution in [0.4, 0.5) is 9.18 Å². The minimum Gasteiger partial charge on any atom is -0.494 e. The molecule has 0 bridgehead atoms. The van der Waals surface area contributed by atoms with Gasteiger partial charge in [0.05, 0.1) is 18.7 Å². The third-order valence-corrected chi connectivity index (χ3v) is 6.01. The van der Waals surface area contributed by atoms with Gasteiger partial charge in [-0.3, -0.25) is 4.90 Å². The fraction of sp³-hybridized carbons (Fsp3) is 0.320. The normalized spacial score (nSPS) is 16.3. The molecule has 1 aromatic heterocycles. The van der Waals surface area contributed by atoms with Crippen LogP contribution in [0.5, 0.6) is 5.75 Å². The van der Waals surface area contributed by atoms with Gasteiger partial charge >= 0.3 is 6.03 Å². The molecule has 9 heteroatoms. The molecule has 0 saturated carbocycles. The Morgan fingerprint density at radius 1 is 1.26 bits per heavy atom. The first-order chi connectivity index (χ1) is 16.3. The number of ether oxygens (including phenoxy) is 1. The highest BCUT2D eigenvalue weighted by Gasteiger charge is 2.35. The minimum absolute atomic E-state index is 0.128. The van der Waals surface area contributed by atoms with Crippen molar-refractivity contribution in [2.45, 2.75) is 33.2 Å². The van der Waals surface area contributed by atoms with E-state index in [0.29, 0.717) is 34.3 Å². The molecule has 1 unspecified atom stereocenters. The second kappa shape index (κ2) is 9.85. The van der Waals surface area contributed by atoms with Gasteiger partial charge in [0.15, 0.2) is 11.6 Å². The molecule has 1 aliphatic rings. The summed E-state index contributed by atoms with van der Waals surface area (Å²) in [7, 11) is 1.40. The fourth-order valence-corrected chi connectivity index (χ4v) is 4.11. The molecular formula is C25H26ClFN4O3. The van der Waals surface area contributed by atoms with Crippen molar-refractivity contribution in [3.8, 4) is 17.1 Å². The number of aromatic nitrogens is 2. The van der Waals surface area contributed by atoms with Gasteiger partial charge in [-0.2, -0.15) is 4.98 Å². The van der Waals surface area contributed by atoms with E-state index in [0.717, 1.165) is 12.0 Å². The number of benzene rings is 2. The van der Waals surface area contributed by atoms with Crippen molar-refractivity contribution in [1.29, 1.82) is 0 Å². The zero-order chi connectivity index (χ0) is 24.4. The molecule has 7 nitrogen and oxygen atoms in total. The smallest absolute Gasteiger partial charge is 0.322 e. The summed E-state index contributed by atoms with van der Waals surface area (Å²) in [5.41, 5.74) is 2.61. The summed E-state index contributed by atoms with van der Waals surface area (Å²) in [5.74, 6) is 0.497. The zero-order valence-electron chi connectivity index (χ0n) is 19.4. The lowest BCUT2D eigenvalue weighted by Crippen LogP contribution is -2.46. The van der Waals surface area contributed by atoms with E-state index in [1.54, 1.807) is 23.1 Å². The molecule has 0 spiro atoms. The van der Waals surface area contributed by atoms with Gasteiger partial charge in [0.1, 0.15) is 0 Å². The number of allylic oxidation sites excluding steroid dienone is 1. The van der Waals surface area contributed by atoms with E-state index in [1.807, 2.05) is 19.1 Å². The topological polar surface area (TPSA) is 80.5 Å². The van der Waals surface area contributed by atoms with Crippen molar-refractivity contribution in [2.24, 2.45) is 5.92 Å². The number of amides is 2. The number of methoxy groups -OCH3 is 1. The molecule has 1 aliphatic heterocycles. The van der Waals surface area contributed by atoms with Crippen LogP contribution in [0.2, 0.25) is 5.02 Å². The zero-order valence-corrected chi connectivity index (χ0v) is 20.2. The van der Waals surface area contributed by atoms with E-state index in [-0.39, 0.29) is 23.5 Å². The van der Waals surface area contributed by atoms with Gasteiger partial charge in [-0.25, -0.2) is 9.18 Å². The number of hydrogen-bond acceptors (Lipinski definition) is 5. The van der Waals surface area contributed by atoms with Crippen molar-refractivity contribution in [2.75, 3.05) is 13.7 Å². The summed E-state index contributed by atoms with van der Waals surface area (Å²) in [6, 6.07) is 11.0. The van der Waals surface area contributed by atoms with Crippen LogP contribution in [-0.4, -0.2) is 34.7 Å². The first kappa shape index (κ1) is 23.8. The van der Waals surface area contributed by atoms with E-state index >= 15 is 0 Å². The lowest BCUT2D eigenvalue weighted by atomic mass is 9.94. The van der Waals surface area contributed by atoms with Gasteiger partial charge in [0, 0.05) is 22.8 Å². The van der Waals surface area contributed by atoms with Crippen molar-refractivity contribution in [1.82, 2.24) is 20.4 Å². The van der Waals surface area contributed by atoms with Crippen molar-refractivity contribution >= 4 is 23.2 Å². The van der Waals surface area contributed by atoms with Crippen LogP contribution in [-0.2, 0) is 0 Å². The SMILES string of the molecule is COc1ccc(-c2noc(C3=C(C)N(CCC(C)C)C(=O)NC3c3cccc(Cl)c3)n2)cc1F. The fourth-order valence-electron chi connectivity index (χ4n) is 3.91. The maximum Gasteiger partial charge on any atom is 0.322 e. The number of carbonyl (C=O) groups is 1. The molecule has 2 aromatic carbocycles. The van der Waals surface area contributed by atoms with E-state index < -0.39 is 11.9 Å².